The van der Waals surface area contributed by atoms with Gasteiger partial charge in [-0.25, -0.2) is 9.50 Å². The van der Waals surface area contributed by atoms with E-state index in [2.05, 4.69) is 15.4 Å². The number of likely N-dealkylation sites (N-methyl/N-ethyl adjacent to an activating group) is 1. The van der Waals surface area contributed by atoms with Crippen molar-refractivity contribution >= 4 is 5.65 Å². The molecule has 0 fully saturated rings. The van der Waals surface area contributed by atoms with E-state index in [9.17, 15) is 0 Å². The fraction of sp³-hybridized carbons (Fsp3) is 0.400. The van der Waals surface area contributed by atoms with Gasteiger partial charge in [0.05, 0.1) is 0 Å². The zero-order valence-electron chi connectivity index (χ0n) is 8.49. The number of aromatic nitrogens is 3. The van der Waals surface area contributed by atoms with E-state index >= 15 is 0 Å². The van der Waals surface area contributed by atoms with Gasteiger partial charge in [-0.2, -0.15) is 5.10 Å². The minimum Gasteiger partial charge on any atom is -0.319 e. The summed E-state index contributed by atoms with van der Waals surface area (Å²) in [6.45, 7) is 2.96. The van der Waals surface area contributed by atoms with Crippen LogP contribution in [0.25, 0.3) is 5.65 Å². The van der Waals surface area contributed by atoms with Crippen molar-refractivity contribution in [3.63, 3.8) is 0 Å². The molecule has 0 spiro atoms. The van der Waals surface area contributed by atoms with Crippen molar-refractivity contribution in [1.29, 1.82) is 0 Å². The molecular weight excluding hydrogens is 176 g/mol. The Morgan fingerprint density at radius 3 is 3.07 bits per heavy atom. The van der Waals surface area contributed by atoms with Gasteiger partial charge < -0.3 is 5.32 Å². The Kier molecular flexibility index (Phi) is 2.45. The summed E-state index contributed by atoms with van der Waals surface area (Å²) >= 11 is 0. The molecule has 74 valence electrons. The average molecular weight is 190 g/mol. The van der Waals surface area contributed by atoms with Crippen LogP contribution in [0.3, 0.4) is 0 Å². The molecule has 0 saturated heterocycles. The van der Waals surface area contributed by atoms with E-state index in [0.717, 1.165) is 24.4 Å². The first-order chi connectivity index (χ1) is 6.79. The van der Waals surface area contributed by atoms with Gasteiger partial charge in [0.25, 0.3) is 0 Å². The maximum atomic E-state index is 4.40. The van der Waals surface area contributed by atoms with Gasteiger partial charge in [-0.15, -0.1) is 0 Å². The lowest BCUT2D eigenvalue weighted by Crippen LogP contribution is -2.11. The molecule has 0 saturated carbocycles. The van der Waals surface area contributed by atoms with E-state index in [-0.39, 0.29) is 0 Å². The van der Waals surface area contributed by atoms with Gasteiger partial charge in [0.2, 0.25) is 0 Å². The van der Waals surface area contributed by atoms with Crippen molar-refractivity contribution in [3.05, 3.63) is 29.7 Å². The summed E-state index contributed by atoms with van der Waals surface area (Å²) in [6, 6.07) is 4.04. The van der Waals surface area contributed by atoms with E-state index in [0.29, 0.717) is 0 Å². The van der Waals surface area contributed by atoms with Gasteiger partial charge in [0, 0.05) is 19.2 Å². The fourth-order valence-electron chi connectivity index (χ4n) is 1.37. The van der Waals surface area contributed by atoms with Crippen LogP contribution in [0.5, 0.6) is 0 Å². The van der Waals surface area contributed by atoms with Crippen LogP contribution in [0.2, 0.25) is 0 Å². The van der Waals surface area contributed by atoms with Gasteiger partial charge in [0.1, 0.15) is 0 Å². The van der Waals surface area contributed by atoms with Gasteiger partial charge in [-0.3, -0.25) is 0 Å². The largest absolute Gasteiger partial charge is 0.319 e. The Morgan fingerprint density at radius 1 is 1.43 bits per heavy atom. The van der Waals surface area contributed by atoms with Crippen LogP contribution >= 0.6 is 0 Å². The number of nitrogens with zero attached hydrogens (tertiary/aromatic N) is 3. The third-order valence-electron chi connectivity index (χ3n) is 2.12. The van der Waals surface area contributed by atoms with Crippen LogP contribution in [-0.2, 0) is 6.42 Å². The minimum atomic E-state index is 0.872. The van der Waals surface area contributed by atoms with Gasteiger partial charge in [-0.05, 0) is 25.6 Å². The van der Waals surface area contributed by atoms with Crippen molar-refractivity contribution < 1.29 is 0 Å². The molecule has 4 heteroatoms. The number of hydrogen-bond acceptors (Lipinski definition) is 3. The van der Waals surface area contributed by atoms with Crippen LogP contribution in [-0.4, -0.2) is 28.2 Å². The quantitative estimate of drug-likeness (QED) is 0.778. The molecule has 4 nitrogen and oxygen atoms in total. The topological polar surface area (TPSA) is 42.2 Å². The van der Waals surface area contributed by atoms with Crippen LogP contribution < -0.4 is 5.32 Å². The Labute approximate surface area is 83.0 Å². The molecule has 0 aliphatic heterocycles. The van der Waals surface area contributed by atoms with Gasteiger partial charge in [-0.1, -0.05) is 6.07 Å². The standard InChI is InChI=1S/C10H14N4/c1-8-3-4-10-12-9(5-6-11-2)13-14(10)7-8/h3-4,7,11H,5-6H2,1-2H3. The van der Waals surface area contributed by atoms with Crippen LogP contribution in [0.1, 0.15) is 11.4 Å². The Balaban J connectivity index is 2.32. The van der Waals surface area contributed by atoms with Gasteiger partial charge >= 0.3 is 0 Å². The molecule has 0 aliphatic rings. The normalized spacial score (nSPS) is 11.0. The molecule has 0 atom stereocenters. The molecule has 2 rings (SSSR count). The molecule has 0 amide bonds. The third kappa shape index (κ3) is 1.75. The van der Waals surface area contributed by atoms with Crippen molar-refractivity contribution in [2.45, 2.75) is 13.3 Å². The van der Waals surface area contributed by atoms with E-state index < -0.39 is 0 Å². The smallest absolute Gasteiger partial charge is 0.155 e. The summed E-state index contributed by atoms with van der Waals surface area (Å²) in [5.41, 5.74) is 2.12. The summed E-state index contributed by atoms with van der Waals surface area (Å²) in [5, 5.41) is 7.46. The number of rotatable bonds is 3. The highest BCUT2D eigenvalue weighted by molar-refractivity contribution is 5.38. The molecule has 0 unspecified atom stereocenters. The number of fused-ring (bicyclic) bond motifs is 1. The average Bonchev–Trinajstić information content (AvgIpc) is 2.56. The second kappa shape index (κ2) is 3.75. The predicted octanol–water partition coefficient (Wildman–Crippen LogP) is 0.800. The molecular formula is C10H14N4. The lowest BCUT2D eigenvalue weighted by Gasteiger charge is -1.92. The van der Waals surface area contributed by atoms with Crippen LogP contribution in [0.4, 0.5) is 0 Å². The number of hydrogen-bond donors (Lipinski definition) is 1. The second-order valence-corrected chi connectivity index (χ2v) is 3.39. The predicted molar refractivity (Wildman–Crippen MR) is 55.4 cm³/mol. The molecule has 2 aromatic heterocycles. The Bertz CT molecular complexity index is 433. The van der Waals surface area contributed by atoms with Crippen LogP contribution in [0.15, 0.2) is 18.3 Å². The maximum Gasteiger partial charge on any atom is 0.155 e. The molecule has 0 radical (unpaired) electrons. The molecule has 2 aromatic rings. The molecule has 1 N–H and O–H groups in total. The first-order valence-electron chi connectivity index (χ1n) is 4.76. The van der Waals surface area contributed by atoms with Gasteiger partial charge in [0.15, 0.2) is 11.5 Å². The highest BCUT2D eigenvalue weighted by Gasteiger charge is 2.01. The van der Waals surface area contributed by atoms with Crippen molar-refractivity contribution in [2.24, 2.45) is 0 Å². The number of aryl methyl sites for hydroxylation is 1. The minimum absolute atomic E-state index is 0.872. The molecule has 2 heterocycles. The summed E-state index contributed by atoms with van der Waals surface area (Å²) in [6.07, 6.45) is 2.86. The van der Waals surface area contributed by atoms with Crippen molar-refractivity contribution in [1.82, 2.24) is 19.9 Å². The van der Waals surface area contributed by atoms with E-state index in [1.165, 1.54) is 5.56 Å². The summed E-state index contributed by atoms with van der Waals surface area (Å²) < 4.78 is 1.83. The zero-order chi connectivity index (χ0) is 9.97. The first-order valence-corrected chi connectivity index (χ1v) is 4.76. The zero-order valence-corrected chi connectivity index (χ0v) is 8.49. The molecule has 14 heavy (non-hydrogen) atoms. The fourth-order valence-corrected chi connectivity index (χ4v) is 1.37. The summed E-state index contributed by atoms with van der Waals surface area (Å²) in [7, 11) is 1.93. The van der Waals surface area contributed by atoms with E-state index in [1.54, 1.807) is 0 Å². The Morgan fingerprint density at radius 2 is 2.29 bits per heavy atom. The molecule has 0 aromatic carbocycles. The maximum absolute atomic E-state index is 4.40. The van der Waals surface area contributed by atoms with Crippen molar-refractivity contribution in [2.75, 3.05) is 13.6 Å². The number of pyridine rings is 1. The van der Waals surface area contributed by atoms with Crippen molar-refractivity contribution in [3.8, 4) is 0 Å². The molecule has 0 aliphatic carbocycles. The lowest BCUT2D eigenvalue weighted by atomic mass is 10.3. The highest BCUT2D eigenvalue weighted by atomic mass is 15.3. The summed E-state index contributed by atoms with van der Waals surface area (Å²) in [5.74, 6) is 0.893. The van der Waals surface area contributed by atoms with E-state index in [1.807, 2.05) is 36.8 Å². The Hall–Kier alpha value is -1.42. The highest BCUT2D eigenvalue weighted by Crippen LogP contribution is 2.03. The van der Waals surface area contributed by atoms with Crippen LogP contribution in [0, 0.1) is 6.92 Å². The number of nitrogens with one attached hydrogen (secondary N) is 1. The SMILES string of the molecule is CNCCc1nc2ccc(C)cn2n1. The van der Waals surface area contributed by atoms with E-state index in [4.69, 9.17) is 0 Å². The summed E-state index contributed by atoms with van der Waals surface area (Å²) in [4.78, 5) is 4.40. The monoisotopic (exact) mass is 190 g/mol. The third-order valence-corrected chi connectivity index (χ3v) is 2.12. The lowest BCUT2D eigenvalue weighted by molar-refractivity contribution is 0.751. The second-order valence-electron chi connectivity index (χ2n) is 3.39. The molecule has 0 bridgehead atoms. The first kappa shape index (κ1) is 9.15.